The van der Waals surface area contributed by atoms with E-state index in [1.54, 1.807) is 18.3 Å². The first kappa shape index (κ1) is 19.1. The largest absolute Gasteiger partial charge is 0.506 e. The fraction of sp³-hybridized carbons (Fsp3) is 0.235. The van der Waals surface area contributed by atoms with Crippen molar-refractivity contribution in [2.75, 3.05) is 11.1 Å². The summed E-state index contributed by atoms with van der Waals surface area (Å²) in [6.45, 7) is 5.82. The zero-order valence-electron chi connectivity index (χ0n) is 14.8. The third-order valence-corrected chi connectivity index (χ3v) is 5.99. The van der Waals surface area contributed by atoms with Gasteiger partial charge in [-0.2, -0.15) is 0 Å². The number of anilines is 1. The Hall–Kier alpha value is -2.72. The second kappa shape index (κ2) is 7.49. The summed E-state index contributed by atoms with van der Waals surface area (Å²) in [5, 5.41) is 24.8. The molecule has 2 N–H and O–H groups in total. The molecule has 0 unspecified atom stereocenters. The fourth-order valence-corrected chi connectivity index (χ4v) is 4.55. The molecule has 0 aliphatic carbocycles. The summed E-state index contributed by atoms with van der Waals surface area (Å²) >= 11 is 2.85. The molecule has 0 fully saturated rings. The van der Waals surface area contributed by atoms with Gasteiger partial charge in [0.15, 0.2) is 0 Å². The van der Waals surface area contributed by atoms with Crippen molar-refractivity contribution in [2.24, 2.45) is 0 Å². The summed E-state index contributed by atoms with van der Waals surface area (Å²) in [6.07, 6.45) is 0. The predicted molar refractivity (Wildman–Crippen MR) is 106 cm³/mol. The number of phenols is 1. The van der Waals surface area contributed by atoms with Crippen LogP contribution in [0.25, 0.3) is 10.2 Å². The van der Waals surface area contributed by atoms with Gasteiger partial charge in [-0.15, -0.1) is 11.3 Å². The van der Waals surface area contributed by atoms with E-state index in [0.717, 1.165) is 31.7 Å². The van der Waals surface area contributed by atoms with E-state index in [2.05, 4.69) is 15.3 Å². The molecule has 1 amide bonds. The highest BCUT2D eigenvalue weighted by molar-refractivity contribution is 8.00. The molecule has 0 aliphatic rings. The van der Waals surface area contributed by atoms with E-state index in [-0.39, 0.29) is 22.9 Å². The molecule has 0 aliphatic heterocycles. The molecular weight excluding hydrogens is 388 g/mol. The van der Waals surface area contributed by atoms with Crippen molar-refractivity contribution in [3.8, 4) is 5.75 Å². The van der Waals surface area contributed by atoms with Gasteiger partial charge in [0.1, 0.15) is 21.4 Å². The summed E-state index contributed by atoms with van der Waals surface area (Å²) in [5.74, 6) is 0.0403. The molecular formula is C17H16N4O4S2. The highest BCUT2D eigenvalue weighted by atomic mass is 32.2. The van der Waals surface area contributed by atoms with Crippen molar-refractivity contribution in [1.82, 2.24) is 9.97 Å². The Morgan fingerprint density at radius 3 is 2.78 bits per heavy atom. The summed E-state index contributed by atoms with van der Waals surface area (Å²) in [6, 6.07) is 3.47. The number of aromatic nitrogens is 2. The second-order valence-corrected chi connectivity index (χ2v) is 8.00. The molecule has 140 valence electrons. The molecule has 1 aromatic carbocycles. The maximum absolute atomic E-state index is 12.3. The molecule has 3 aromatic rings. The number of phenolic OH excluding ortho intramolecular Hbond substituents is 1. The first-order chi connectivity index (χ1) is 12.8. The van der Waals surface area contributed by atoms with Crippen LogP contribution in [-0.4, -0.2) is 31.7 Å². The van der Waals surface area contributed by atoms with Gasteiger partial charge < -0.3 is 10.4 Å². The van der Waals surface area contributed by atoms with Gasteiger partial charge in [0.25, 0.3) is 5.69 Å². The van der Waals surface area contributed by atoms with Gasteiger partial charge in [-0.1, -0.05) is 11.8 Å². The standard InChI is InChI=1S/C17H16N4O4S2/c1-8-9(2)27-17-15(8)16(18-10(3)19-17)26-7-14(23)20-12-6-11(21(24)25)4-5-13(12)22/h4-6,22H,7H2,1-3H3,(H,20,23). The molecule has 0 radical (unpaired) electrons. The monoisotopic (exact) mass is 404 g/mol. The van der Waals surface area contributed by atoms with Crippen molar-refractivity contribution < 1.29 is 14.8 Å². The van der Waals surface area contributed by atoms with E-state index in [9.17, 15) is 20.0 Å². The van der Waals surface area contributed by atoms with Crippen LogP contribution in [0.4, 0.5) is 11.4 Å². The molecule has 2 aromatic heterocycles. The number of carbonyl (C=O) groups is 1. The van der Waals surface area contributed by atoms with Crippen LogP contribution in [0.2, 0.25) is 0 Å². The van der Waals surface area contributed by atoms with Gasteiger partial charge in [-0.05, 0) is 32.4 Å². The van der Waals surface area contributed by atoms with Gasteiger partial charge in [0.2, 0.25) is 5.91 Å². The minimum atomic E-state index is -0.591. The number of hydrogen-bond acceptors (Lipinski definition) is 8. The van der Waals surface area contributed by atoms with Crippen LogP contribution in [0.3, 0.4) is 0 Å². The van der Waals surface area contributed by atoms with Crippen LogP contribution in [-0.2, 0) is 4.79 Å². The summed E-state index contributed by atoms with van der Waals surface area (Å²) in [5.41, 5.74) is 0.879. The van der Waals surface area contributed by atoms with Crippen LogP contribution in [0.5, 0.6) is 5.75 Å². The Morgan fingerprint density at radius 2 is 2.07 bits per heavy atom. The molecule has 0 atom stereocenters. The Morgan fingerprint density at radius 1 is 1.33 bits per heavy atom. The highest BCUT2D eigenvalue weighted by Crippen LogP contribution is 2.35. The highest BCUT2D eigenvalue weighted by Gasteiger charge is 2.16. The Balaban J connectivity index is 1.78. The quantitative estimate of drug-likeness (QED) is 0.217. The molecule has 0 bridgehead atoms. The number of amides is 1. The van der Waals surface area contributed by atoms with Crippen LogP contribution in [0, 0.1) is 30.9 Å². The fourth-order valence-electron chi connectivity index (χ4n) is 2.48. The lowest BCUT2D eigenvalue weighted by molar-refractivity contribution is -0.384. The number of nitro benzene ring substituents is 1. The van der Waals surface area contributed by atoms with Gasteiger partial charge in [0, 0.05) is 22.4 Å². The smallest absolute Gasteiger partial charge is 0.271 e. The SMILES string of the molecule is Cc1nc(SCC(=O)Nc2cc([N+](=O)[O-])ccc2O)c2c(C)c(C)sc2n1. The average Bonchev–Trinajstić information content (AvgIpc) is 2.88. The van der Waals surface area contributed by atoms with E-state index >= 15 is 0 Å². The van der Waals surface area contributed by atoms with Crippen molar-refractivity contribution in [3.05, 3.63) is 44.6 Å². The molecule has 3 rings (SSSR count). The number of aryl methyl sites for hydroxylation is 3. The zero-order valence-corrected chi connectivity index (χ0v) is 16.4. The predicted octanol–water partition coefficient (Wildman–Crippen LogP) is 3.96. The van der Waals surface area contributed by atoms with Crippen molar-refractivity contribution in [3.63, 3.8) is 0 Å². The number of nitrogens with zero attached hydrogens (tertiary/aromatic N) is 3. The van der Waals surface area contributed by atoms with Gasteiger partial charge in [-0.25, -0.2) is 9.97 Å². The zero-order chi connectivity index (χ0) is 19.7. The number of non-ortho nitro benzene ring substituents is 1. The maximum Gasteiger partial charge on any atom is 0.271 e. The lowest BCUT2D eigenvalue weighted by Crippen LogP contribution is -2.14. The van der Waals surface area contributed by atoms with E-state index in [1.807, 2.05) is 13.8 Å². The van der Waals surface area contributed by atoms with Crippen molar-refractivity contribution in [2.45, 2.75) is 25.8 Å². The molecule has 27 heavy (non-hydrogen) atoms. The minimum Gasteiger partial charge on any atom is -0.506 e. The molecule has 0 saturated carbocycles. The van der Waals surface area contributed by atoms with E-state index in [4.69, 9.17) is 0 Å². The normalized spacial score (nSPS) is 10.9. The van der Waals surface area contributed by atoms with Crippen LogP contribution < -0.4 is 5.32 Å². The Labute approximate surface area is 162 Å². The van der Waals surface area contributed by atoms with Crippen molar-refractivity contribution in [1.29, 1.82) is 0 Å². The summed E-state index contributed by atoms with van der Waals surface area (Å²) in [7, 11) is 0. The maximum atomic E-state index is 12.3. The summed E-state index contributed by atoms with van der Waals surface area (Å²) < 4.78 is 0. The number of thiophene rings is 1. The number of hydrogen-bond donors (Lipinski definition) is 2. The number of carbonyl (C=O) groups excluding carboxylic acids is 1. The van der Waals surface area contributed by atoms with Crippen LogP contribution in [0.15, 0.2) is 23.2 Å². The second-order valence-electron chi connectivity index (χ2n) is 5.83. The number of aromatic hydroxyl groups is 1. The van der Waals surface area contributed by atoms with E-state index in [0.29, 0.717) is 5.82 Å². The lowest BCUT2D eigenvalue weighted by Gasteiger charge is -2.08. The van der Waals surface area contributed by atoms with Gasteiger partial charge >= 0.3 is 0 Å². The number of fused-ring (bicyclic) bond motifs is 1. The van der Waals surface area contributed by atoms with Crippen LogP contribution >= 0.6 is 23.1 Å². The Kier molecular flexibility index (Phi) is 5.29. The summed E-state index contributed by atoms with van der Waals surface area (Å²) in [4.78, 5) is 33.5. The minimum absolute atomic E-state index is 0.00127. The molecule has 0 saturated heterocycles. The third-order valence-electron chi connectivity index (χ3n) is 3.91. The number of benzene rings is 1. The van der Waals surface area contributed by atoms with Gasteiger partial charge in [-0.3, -0.25) is 14.9 Å². The number of nitrogens with one attached hydrogen (secondary N) is 1. The molecule has 10 heteroatoms. The van der Waals surface area contributed by atoms with E-state index < -0.39 is 10.8 Å². The van der Waals surface area contributed by atoms with E-state index in [1.165, 1.54) is 23.9 Å². The molecule has 8 nitrogen and oxygen atoms in total. The van der Waals surface area contributed by atoms with Gasteiger partial charge in [0.05, 0.1) is 16.4 Å². The molecule has 2 heterocycles. The van der Waals surface area contributed by atoms with Crippen molar-refractivity contribution >= 4 is 50.6 Å². The topological polar surface area (TPSA) is 118 Å². The Bertz CT molecular complexity index is 1060. The first-order valence-corrected chi connectivity index (χ1v) is 9.71. The first-order valence-electron chi connectivity index (χ1n) is 7.90. The lowest BCUT2D eigenvalue weighted by atomic mass is 10.2. The number of nitro groups is 1. The molecule has 0 spiro atoms. The number of thioether (sulfide) groups is 1. The van der Waals surface area contributed by atoms with Crippen LogP contribution in [0.1, 0.15) is 16.3 Å². The average molecular weight is 404 g/mol. The number of rotatable bonds is 5. The third kappa shape index (κ3) is 4.01.